The average Bonchev–Trinajstić information content (AvgIpc) is 2.95. The summed E-state index contributed by atoms with van der Waals surface area (Å²) in [5.41, 5.74) is 0.376. The fourth-order valence-corrected chi connectivity index (χ4v) is 4.90. The van der Waals surface area contributed by atoms with Gasteiger partial charge in [0.15, 0.2) is 16.4 Å². The lowest BCUT2D eigenvalue weighted by molar-refractivity contribution is -0.151. The first kappa shape index (κ1) is 22.4. The van der Waals surface area contributed by atoms with Gasteiger partial charge in [-0.3, -0.25) is 9.59 Å². The molecule has 2 rings (SSSR count). The largest absolute Gasteiger partial charge is 0.454 e. The summed E-state index contributed by atoms with van der Waals surface area (Å²) in [6.07, 6.45) is 0.346. The number of hydrogen-bond donors (Lipinski definition) is 2. The minimum absolute atomic E-state index is 0.0359. The highest BCUT2D eigenvalue weighted by atomic mass is 79.9. The Hall–Kier alpha value is -1.94. The van der Waals surface area contributed by atoms with E-state index in [0.717, 1.165) is 0 Å². The number of carbonyl (C=O) groups excluding carboxylic acids is 3. The molecular formula is C18H23BrN2O6S. The van der Waals surface area contributed by atoms with Gasteiger partial charge in [-0.1, -0.05) is 26.0 Å². The standard InChI is InChI=1S/C18H23BrN2O6S/c1-11(2)16(21-17(23)13-5-3-4-6-14(13)19)18(24)27-9-15(22)20-12-7-8-28(25,26)10-12/h3-6,11-12,16H,7-10H2,1-2H3,(H,20,22)(H,21,23)/t12?,16-/m0/s1. The number of sulfone groups is 1. The summed E-state index contributed by atoms with van der Waals surface area (Å²) in [4.78, 5) is 36.7. The maximum absolute atomic E-state index is 12.4. The van der Waals surface area contributed by atoms with Gasteiger partial charge >= 0.3 is 5.97 Å². The monoisotopic (exact) mass is 474 g/mol. The molecule has 2 N–H and O–H groups in total. The predicted molar refractivity (Wildman–Crippen MR) is 106 cm³/mol. The van der Waals surface area contributed by atoms with Gasteiger partial charge in [-0.25, -0.2) is 13.2 Å². The van der Waals surface area contributed by atoms with Gasteiger partial charge < -0.3 is 15.4 Å². The van der Waals surface area contributed by atoms with Gasteiger partial charge in [0.05, 0.1) is 17.1 Å². The summed E-state index contributed by atoms with van der Waals surface area (Å²) >= 11 is 3.29. The van der Waals surface area contributed by atoms with Crippen LogP contribution in [0.1, 0.15) is 30.6 Å². The van der Waals surface area contributed by atoms with Crippen molar-refractivity contribution in [3.8, 4) is 0 Å². The Balaban J connectivity index is 1.89. The SMILES string of the molecule is CC(C)[C@H](NC(=O)c1ccccc1Br)C(=O)OCC(=O)NC1CCS(=O)(=O)C1. The van der Waals surface area contributed by atoms with E-state index in [1.54, 1.807) is 38.1 Å². The quantitative estimate of drug-likeness (QED) is 0.570. The lowest BCUT2D eigenvalue weighted by Gasteiger charge is -2.21. The summed E-state index contributed by atoms with van der Waals surface area (Å²) in [6.45, 7) is 2.95. The van der Waals surface area contributed by atoms with E-state index >= 15 is 0 Å². The number of rotatable bonds is 7. The third-order valence-electron chi connectivity index (χ3n) is 4.27. The Morgan fingerprint density at radius 2 is 1.93 bits per heavy atom. The van der Waals surface area contributed by atoms with Crippen LogP contribution in [0.2, 0.25) is 0 Å². The van der Waals surface area contributed by atoms with Gasteiger partial charge in [0.1, 0.15) is 6.04 Å². The van der Waals surface area contributed by atoms with Gasteiger partial charge in [-0.2, -0.15) is 0 Å². The Labute approximate surface area is 172 Å². The maximum Gasteiger partial charge on any atom is 0.329 e. The van der Waals surface area contributed by atoms with E-state index in [-0.39, 0.29) is 17.4 Å². The molecule has 1 fully saturated rings. The lowest BCUT2D eigenvalue weighted by Crippen LogP contribution is -2.46. The predicted octanol–water partition coefficient (Wildman–Crippen LogP) is 1.05. The molecule has 0 bridgehead atoms. The third-order valence-corrected chi connectivity index (χ3v) is 6.73. The van der Waals surface area contributed by atoms with Crippen molar-refractivity contribution in [3.63, 3.8) is 0 Å². The van der Waals surface area contributed by atoms with Crippen molar-refractivity contribution in [1.82, 2.24) is 10.6 Å². The van der Waals surface area contributed by atoms with Crippen molar-refractivity contribution in [2.75, 3.05) is 18.1 Å². The number of hydrogen-bond acceptors (Lipinski definition) is 6. The van der Waals surface area contributed by atoms with Crippen LogP contribution in [0.4, 0.5) is 0 Å². The van der Waals surface area contributed by atoms with Gasteiger partial charge in [0.2, 0.25) is 0 Å². The molecule has 0 radical (unpaired) electrons. The zero-order valence-electron chi connectivity index (χ0n) is 15.6. The second kappa shape index (κ2) is 9.51. The number of amides is 2. The molecule has 1 heterocycles. The van der Waals surface area contributed by atoms with Crippen molar-refractivity contribution < 1.29 is 27.5 Å². The van der Waals surface area contributed by atoms with E-state index < -0.39 is 46.3 Å². The summed E-state index contributed by atoms with van der Waals surface area (Å²) in [5, 5.41) is 5.17. The first-order valence-corrected chi connectivity index (χ1v) is 11.4. The molecule has 1 aromatic rings. The topological polar surface area (TPSA) is 119 Å². The zero-order valence-corrected chi connectivity index (χ0v) is 18.0. The zero-order chi connectivity index (χ0) is 20.9. The molecule has 2 amide bonds. The summed E-state index contributed by atoms with van der Waals surface area (Å²) in [7, 11) is -3.11. The molecule has 28 heavy (non-hydrogen) atoms. The normalized spacial score (nSPS) is 19.1. The van der Waals surface area contributed by atoms with Gasteiger partial charge in [-0.05, 0) is 40.4 Å². The molecular weight excluding hydrogens is 452 g/mol. The molecule has 10 heteroatoms. The number of ether oxygens (including phenoxy) is 1. The maximum atomic E-state index is 12.4. The van der Waals surface area contributed by atoms with Crippen LogP contribution in [0.3, 0.4) is 0 Å². The molecule has 1 aromatic carbocycles. The van der Waals surface area contributed by atoms with E-state index in [9.17, 15) is 22.8 Å². The third kappa shape index (κ3) is 6.30. The first-order chi connectivity index (χ1) is 13.1. The molecule has 2 atom stereocenters. The molecule has 0 aromatic heterocycles. The minimum Gasteiger partial charge on any atom is -0.454 e. The van der Waals surface area contributed by atoms with Crippen LogP contribution >= 0.6 is 15.9 Å². The van der Waals surface area contributed by atoms with Crippen LogP contribution in [0, 0.1) is 5.92 Å². The highest BCUT2D eigenvalue weighted by molar-refractivity contribution is 9.10. The molecule has 0 spiro atoms. The van der Waals surface area contributed by atoms with Crippen LogP contribution in [0.15, 0.2) is 28.7 Å². The van der Waals surface area contributed by atoms with Crippen LogP contribution < -0.4 is 10.6 Å². The molecule has 0 aliphatic carbocycles. The number of halogens is 1. The summed E-state index contributed by atoms with van der Waals surface area (Å²) in [5.74, 6) is -2.08. The van der Waals surface area contributed by atoms with Crippen molar-refractivity contribution in [3.05, 3.63) is 34.3 Å². The molecule has 0 saturated carbocycles. The number of nitrogens with one attached hydrogen (secondary N) is 2. The summed E-state index contributed by atoms with van der Waals surface area (Å²) in [6, 6.07) is 5.40. The Bertz CT molecular complexity index is 855. The highest BCUT2D eigenvalue weighted by Gasteiger charge is 2.30. The Morgan fingerprint density at radius 3 is 2.50 bits per heavy atom. The van der Waals surface area contributed by atoms with Crippen LogP contribution in [0.5, 0.6) is 0 Å². The van der Waals surface area contributed by atoms with E-state index in [1.165, 1.54) is 0 Å². The second-order valence-electron chi connectivity index (χ2n) is 6.95. The van der Waals surface area contributed by atoms with E-state index in [2.05, 4.69) is 26.6 Å². The van der Waals surface area contributed by atoms with Crippen molar-refractivity contribution >= 4 is 43.6 Å². The van der Waals surface area contributed by atoms with E-state index in [4.69, 9.17) is 4.74 Å². The van der Waals surface area contributed by atoms with Crippen LogP contribution in [0.25, 0.3) is 0 Å². The molecule has 8 nitrogen and oxygen atoms in total. The van der Waals surface area contributed by atoms with Gasteiger partial charge in [-0.15, -0.1) is 0 Å². The Morgan fingerprint density at radius 1 is 1.25 bits per heavy atom. The van der Waals surface area contributed by atoms with Crippen LogP contribution in [-0.4, -0.2) is 56.4 Å². The molecule has 1 aliphatic heterocycles. The highest BCUT2D eigenvalue weighted by Crippen LogP contribution is 2.16. The number of benzene rings is 1. The van der Waals surface area contributed by atoms with Crippen molar-refractivity contribution in [2.24, 2.45) is 5.92 Å². The average molecular weight is 475 g/mol. The fraction of sp³-hybridized carbons (Fsp3) is 0.500. The molecule has 1 saturated heterocycles. The van der Waals surface area contributed by atoms with Crippen LogP contribution in [-0.2, 0) is 24.2 Å². The van der Waals surface area contributed by atoms with E-state index in [0.29, 0.717) is 16.5 Å². The number of esters is 1. The summed E-state index contributed by atoms with van der Waals surface area (Å²) < 4.78 is 28.5. The molecule has 1 aliphatic rings. The minimum atomic E-state index is -3.11. The Kier molecular flexibility index (Phi) is 7.59. The number of carbonyl (C=O) groups is 3. The first-order valence-electron chi connectivity index (χ1n) is 8.81. The second-order valence-corrected chi connectivity index (χ2v) is 10.0. The molecule has 154 valence electrons. The van der Waals surface area contributed by atoms with Gasteiger partial charge in [0, 0.05) is 10.5 Å². The lowest BCUT2D eigenvalue weighted by atomic mass is 10.0. The van der Waals surface area contributed by atoms with Crippen molar-refractivity contribution in [1.29, 1.82) is 0 Å². The smallest absolute Gasteiger partial charge is 0.329 e. The van der Waals surface area contributed by atoms with Crippen molar-refractivity contribution in [2.45, 2.75) is 32.4 Å². The fourth-order valence-electron chi connectivity index (χ4n) is 2.77. The van der Waals surface area contributed by atoms with E-state index in [1.807, 2.05) is 0 Å². The molecule has 1 unspecified atom stereocenters. The van der Waals surface area contributed by atoms with Gasteiger partial charge in [0.25, 0.3) is 11.8 Å².